The van der Waals surface area contributed by atoms with E-state index >= 15 is 0 Å². The molecule has 0 aromatic carbocycles. The molecule has 2 aromatic heterocycles. The highest BCUT2D eigenvalue weighted by atomic mass is 16.6. The normalized spacial score (nSPS) is 11.5. The van der Waals surface area contributed by atoms with Crippen LogP contribution in [0.2, 0.25) is 0 Å². The Morgan fingerprint density at radius 3 is 2.82 bits per heavy atom. The average Bonchev–Trinajstić information content (AvgIpc) is 2.78. The van der Waals surface area contributed by atoms with E-state index in [1.54, 1.807) is 4.52 Å². The molecule has 0 aliphatic rings. The minimum Gasteiger partial charge on any atom is -0.444 e. The SMILES string of the molecule is Cc1ccc2nc(NCCCNC(=O)OC(C)(C)C)nn2c1. The van der Waals surface area contributed by atoms with Crippen molar-refractivity contribution < 1.29 is 9.53 Å². The summed E-state index contributed by atoms with van der Waals surface area (Å²) in [5, 5.41) is 10.2. The summed E-state index contributed by atoms with van der Waals surface area (Å²) in [7, 11) is 0. The molecule has 0 saturated heterocycles. The van der Waals surface area contributed by atoms with Crippen LogP contribution in [0.15, 0.2) is 18.3 Å². The van der Waals surface area contributed by atoms with Crippen molar-refractivity contribution >= 4 is 17.7 Å². The van der Waals surface area contributed by atoms with Crippen molar-refractivity contribution in [3.8, 4) is 0 Å². The van der Waals surface area contributed by atoms with E-state index in [1.807, 2.05) is 46.0 Å². The average molecular weight is 305 g/mol. The topological polar surface area (TPSA) is 80.5 Å². The maximum Gasteiger partial charge on any atom is 0.407 e. The molecule has 2 rings (SSSR count). The predicted molar refractivity (Wildman–Crippen MR) is 85.1 cm³/mol. The van der Waals surface area contributed by atoms with Gasteiger partial charge < -0.3 is 15.4 Å². The number of ether oxygens (including phenoxy) is 1. The number of anilines is 1. The van der Waals surface area contributed by atoms with E-state index in [4.69, 9.17) is 4.74 Å². The molecule has 0 bridgehead atoms. The van der Waals surface area contributed by atoms with Gasteiger partial charge in [0.05, 0.1) is 0 Å². The zero-order chi connectivity index (χ0) is 16.2. The van der Waals surface area contributed by atoms with Crippen LogP contribution in [-0.2, 0) is 4.74 Å². The maximum absolute atomic E-state index is 11.5. The Kier molecular flexibility index (Phi) is 4.85. The number of alkyl carbamates (subject to hydrolysis) is 1. The molecule has 7 nitrogen and oxygen atoms in total. The van der Waals surface area contributed by atoms with E-state index in [2.05, 4.69) is 20.7 Å². The Hall–Kier alpha value is -2.31. The lowest BCUT2D eigenvalue weighted by Crippen LogP contribution is -2.33. The molecule has 0 atom stereocenters. The molecule has 2 aromatic rings. The fourth-order valence-corrected chi connectivity index (χ4v) is 1.85. The Morgan fingerprint density at radius 1 is 1.32 bits per heavy atom. The number of hydrogen-bond donors (Lipinski definition) is 2. The molecule has 7 heteroatoms. The van der Waals surface area contributed by atoms with Crippen molar-refractivity contribution in [3.05, 3.63) is 23.9 Å². The summed E-state index contributed by atoms with van der Waals surface area (Å²) in [5.41, 5.74) is 1.46. The van der Waals surface area contributed by atoms with Crippen LogP contribution < -0.4 is 10.6 Å². The standard InChI is InChI=1S/C15H23N5O2/c1-11-6-7-12-18-13(19-20(12)10-11)16-8-5-9-17-14(21)22-15(2,3)4/h6-7,10H,5,8-9H2,1-4H3,(H,16,19)(H,17,21). The minimum absolute atomic E-state index is 0.395. The number of fused-ring (bicyclic) bond motifs is 1. The highest BCUT2D eigenvalue weighted by Gasteiger charge is 2.15. The van der Waals surface area contributed by atoms with Crippen LogP contribution in [0.3, 0.4) is 0 Å². The van der Waals surface area contributed by atoms with Crippen LogP contribution >= 0.6 is 0 Å². The second-order valence-electron chi connectivity index (χ2n) is 6.15. The molecule has 2 heterocycles. The number of aromatic nitrogens is 3. The molecule has 0 fully saturated rings. The number of aryl methyl sites for hydroxylation is 1. The predicted octanol–water partition coefficient (Wildman–Crippen LogP) is 2.36. The molecule has 120 valence electrons. The Balaban J connectivity index is 1.71. The molecule has 2 N–H and O–H groups in total. The van der Waals surface area contributed by atoms with E-state index in [-0.39, 0.29) is 0 Å². The number of amides is 1. The number of carbonyl (C=O) groups is 1. The molecule has 0 spiro atoms. The second-order valence-corrected chi connectivity index (χ2v) is 6.15. The Bertz CT molecular complexity index is 645. The first-order valence-electron chi connectivity index (χ1n) is 7.37. The third kappa shape index (κ3) is 4.91. The van der Waals surface area contributed by atoms with E-state index < -0.39 is 11.7 Å². The van der Waals surface area contributed by atoms with Gasteiger partial charge in [0.15, 0.2) is 5.65 Å². The van der Waals surface area contributed by atoms with E-state index in [1.165, 1.54) is 0 Å². The number of pyridine rings is 1. The fourth-order valence-electron chi connectivity index (χ4n) is 1.85. The van der Waals surface area contributed by atoms with Crippen LogP contribution in [0.25, 0.3) is 5.65 Å². The summed E-state index contributed by atoms with van der Waals surface area (Å²) < 4.78 is 6.90. The van der Waals surface area contributed by atoms with Crippen molar-refractivity contribution in [2.24, 2.45) is 0 Å². The van der Waals surface area contributed by atoms with Gasteiger partial charge in [-0.1, -0.05) is 6.07 Å². The van der Waals surface area contributed by atoms with E-state index in [9.17, 15) is 4.79 Å². The molecule has 0 aliphatic carbocycles. The minimum atomic E-state index is -0.471. The lowest BCUT2D eigenvalue weighted by Gasteiger charge is -2.19. The van der Waals surface area contributed by atoms with E-state index in [0.29, 0.717) is 19.0 Å². The molecular formula is C15H23N5O2. The van der Waals surface area contributed by atoms with E-state index in [0.717, 1.165) is 17.6 Å². The molecule has 0 unspecified atom stereocenters. The van der Waals surface area contributed by atoms with Crippen LogP contribution in [0, 0.1) is 6.92 Å². The van der Waals surface area contributed by atoms with Crippen LogP contribution in [-0.4, -0.2) is 39.4 Å². The quantitative estimate of drug-likeness (QED) is 0.829. The van der Waals surface area contributed by atoms with Crippen LogP contribution in [0.5, 0.6) is 0 Å². The number of hydrogen-bond acceptors (Lipinski definition) is 5. The van der Waals surface area contributed by atoms with Gasteiger partial charge in [-0.15, -0.1) is 5.10 Å². The number of nitrogens with zero attached hydrogens (tertiary/aromatic N) is 3. The lowest BCUT2D eigenvalue weighted by molar-refractivity contribution is 0.0528. The molecule has 22 heavy (non-hydrogen) atoms. The molecular weight excluding hydrogens is 282 g/mol. The van der Waals surface area contributed by atoms with Crippen molar-refractivity contribution in [2.45, 2.75) is 39.7 Å². The van der Waals surface area contributed by atoms with Gasteiger partial charge in [0, 0.05) is 19.3 Å². The number of nitrogens with one attached hydrogen (secondary N) is 2. The monoisotopic (exact) mass is 305 g/mol. The first kappa shape index (κ1) is 16.1. The zero-order valence-electron chi connectivity index (χ0n) is 13.5. The Labute approximate surface area is 130 Å². The third-order valence-corrected chi connectivity index (χ3v) is 2.78. The van der Waals surface area contributed by atoms with Crippen molar-refractivity contribution in [1.29, 1.82) is 0 Å². The number of rotatable bonds is 5. The van der Waals surface area contributed by atoms with Crippen molar-refractivity contribution in [2.75, 3.05) is 18.4 Å². The van der Waals surface area contributed by atoms with Crippen molar-refractivity contribution in [3.63, 3.8) is 0 Å². The highest BCUT2D eigenvalue weighted by molar-refractivity contribution is 5.67. The van der Waals surface area contributed by atoms with Gasteiger partial charge in [0.25, 0.3) is 0 Å². The van der Waals surface area contributed by atoms with Gasteiger partial charge in [0.1, 0.15) is 5.60 Å². The van der Waals surface area contributed by atoms with Gasteiger partial charge in [-0.3, -0.25) is 0 Å². The summed E-state index contributed by atoms with van der Waals surface area (Å²) >= 11 is 0. The largest absolute Gasteiger partial charge is 0.444 e. The second kappa shape index (κ2) is 6.64. The van der Waals surface area contributed by atoms with Crippen LogP contribution in [0.4, 0.5) is 10.7 Å². The van der Waals surface area contributed by atoms with Gasteiger partial charge >= 0.3 is 6.09 Å². The maximum atomic E-state index is 11.5. The van der Waals surface area contributed by atoms with Gasteiger partial charge in [-0.05, 0) is 45.7 Å². The van der Waals surface area contributed by atoms with Gasteiger partial charge in [-0.2, -0.15) is 4.98 Å². The van der Waals surface area contributed by atoms with Gasteiger partial charge in [0.2, 0.25) is 5.95 Å². The summed E-state index contributed by atoms with van der Waals surface area (Å²) in [6.45, 7) is 8.73. The molecule has 1 amide bonds. The zero-order valence-corrected chi connectivity index (χ0v) is 13.5. The number of carbonyl (C=O) groups excluding carboxylic acids is 1. The van der Waals surface area contributed by atoms with Gasteiger partial charge in [-0.25, -0.2) is 9.31 Å². The summed E-state index contributed by atoms with van der Waals surface area (Å²) in [6, 6.07) is 3.93. The summed E-state index contributed by atoms with van der Waals surface area (Å²) in [5.74, 6) is 0.586. The molecule has 0 radical (unpaired) electrons. The lowest BCUT2D eigenvalue weighted by atomic mass is 10.2. The first-order valence-corrected chi connectivity index (χ1v) is 7.37. The van der Waals surface area contributed by atoms with Crippen LogP contribution in [0.1, 0.15) is 32.8 Å². The first-order chi connectivity index (χ1) is 10.3. The molecule has 0 saturated carbocycles. The summed E-state index contributed by atoms with van der Waals surface area (Å²) in [6.07, 6.45) is 2.29. The molecule has 0 aliphatic heterocycles. The smallest absolute Gasteiger partial charge is 0.407 e. The third-order valence-electron chi connectivity index (χ3n) is 2.78. The highest BCUT2D eigenvalue weighted by Crippen LogP contribution is 2.07. The Morgan fingerprint density at radius 2 is 2.09 bits per heavy atom. The van der Waals surface area contributed by atoms with Crippen molar-refractivity contribution in [1.82, 2.24) is 19.9 Å². The summed E-state index contributed by atoms with van der Waals surface area (Å²) in [4.78, 5) is 15.8. The fraction of sp³-hybridized carbons (Fsp3) is 0.533.